The van der Waals surface area contributed by atoms with Gasteiger partial charge in [0, 0.05) is 39.8 Å². The summed E-state index contributed by atoms with van der Waals surface area (Å²) >= 11 is 3.41. The molecule has 0 saturated heterocycles. The Labute approximate surface area is 205 Å². The number of hydrazone groups is 1. The van der Waals surface area contributed by atoms with Crippen LogP contribution in [0.3, 0.4) is 0 Å². The minimum atomic E-state index is -0.511. The van der Waals surface area contributed by atoms with Gasteiger partial charge in [0.15, 0.2) is 6.61 Å². The predicted octanol–water partition coefficient (Wildman–Crippen LogP) is 4.25. The number of amides is 1. The molecule has 10 heteroatoms. The summed E-state index contributed by atoms with van der Waals surface area (Å²) in [5.41, 5.74) is 7.26. The quantitative estimate of drug-likeness (QED) is 0.348. The molecule has 3 aromatic rings. The fourth-order valence-electron chi connectivity index (χ4n) is 3.46. The van der Waals surface area contributed by atoms with Gasteiger partial charge in [-0.15, -0.1) is 0 Å². The first kappa shape index (κ1) is 25.1. The molecule has 1 amide bonds. The zero-order chi connectivity index (χ0) is 24.8. The minimum absolute atomic E-state index is 0.0530. The average molecular weight is 528 g/mol. The number of nitriles is 1. The number of rotatable bonds is 8. The highest BCUT2D eigenvalue weighted by Gasteiger charge is 2.18. The van der Waals surface area contributed by atoms with Gasteiger partial charge in [-0.2, -0.15) is 10.4 Å². The second kappa shape index (κ2) is 11.0. The molecule has 0 unspecified atom stereocenters. The Morgan fingerprint density at radius 2 is 2.03 bits per heavy atom. The molecule has 0 aliphatic rings. The Kier molecular flexibility index (Phi) is 8.15. The summed E-state index contributed by atoms with van der Waals surface area (Å²) < 4.78 is 26.5. The number of hydrogen-bond acceptors (Lipinski definition) is 6. The van der Waals surface area contributed by atoms with Gasteiger partial charge in [0.05, 0.1) is 18.5 Å². The molecular weight excluding hydrogens is 505 g/mol. The van der Waals surface area contributed by atoms with Crippen LogP contribution in [0.25, 0.3) is 5.69 Å². The first-order valence-electron chi connectivity index (χ1n) is 10.2. The topological polar surface area (TPSA) is 102 Å². The molecule has 3 rings (SSSR count). The minimum Gasteiger partial charge on any atom is -0.467 e. The van der Waals surface area contributed by atoms with E-state index < -0.39 is 5.91 Å². The summed E-state index contributed by atoms with van der Waals surface area (Å²) in [6.45, 7) is 5.41. The Morgan fingerprint density at radius 1 is 1.32 bits per heavy atom. The van der Waals surface area contributed by atoms with Gasteiger partial charge in [0.25, 0.3) is 5.91 Å². The van der Waals surface area contributed by atoms with Crippen molar-refractivity contribution in [3.63, 3.8) is 0 Å². The van der Waals surface area contributed by atoms with Crippen molar-refractivity contribution in [3.05, 3.63) is 74.4 Å². The Morgan fingerprint density at radius 3 is 2.68 bits per heavy atom. The van der Waals surface area contributed by atoms with E-state index in [1.54, 1.807) is 19.1 Å². The molecule has 0 aliphatic heterocycles. The first-order valence-corrected chi connectivity index (χ1v) is 11.0. The molecule has 176 valence electrons. The summed E-state index contributed by atoms with van der Waals surface area (Å²) in [7, 11) is 1.52. The molecule has 0 radical (unpaired) electrons. The van der Waals surface area contributed by atoms with Gasteiger partial charge < -0.3 is 14.0 Å². The maximum atomic E-state index is 13.2. The number of methoxy groups -OCH3 is 1. The molecule has 0 bridgehead atoms. The van der Waals surface area contributed by atoms with E-state index in [0.29, 0.717) is 15.7 Å². The SMILES string of the molecule is COCc1c(Br)c(C)nc(OCC(=O)NN=Cc2cc(C)n(-c3ccc(F)cc3)c2C)c1C#N. The van der Waals surface area contributed by atoms with Crippen LogP contribution in [-0.4, -0.2) is 35.4 Å². The van der Waals surface area contributed by atoms with E-state index in [9.17, 15) is 14.4 Å². The van der Waals surface area contributed by atoms with E-state index in [0.717, 1.165) is 22.6 Å². The van der Waals surface area contributed by atoms with Gasteiger partial charge in [0.1, 0.15) is 17.4 Å². The van der Waals surface area contributed by atoms with Crippen LogP contribution in [0, 0.1) is 37.9 Å². The second-order valence-electron chi connectivity index (χ2n) is 7.43. The maximum Gasteiger partial charge on any atom is 0.278 e. The van der Waals surface area contributed by atoms with E-state index in [-0.39, 0.29) is 30.5 Å². The molecule has 1 aromatic carbocycles. The van der Waals surface area contributed by atoms with Crippen LogP contribution < -0.4 is 10.2 Å². The van der Waals surface area contributed by atoms with E-state index in [1.165, 1.54) is 25.5 Å². The zero-order valence-electron chi connectivity index (χ0n) is 19.1. The fraction of sp³-hybridized carbons (Fsp3) is 0.250. The average Bonchev–Trinajstić information content (AvgIpc) is 3.09. The number of carbonyl (C=O) groups excluding carboxylic acids is 1. The van der Waals surface area contributed by atoms with Crippen molar-refractivity contribution in [1.82, 2.24) is 15.0 Å². The van der Waals surface area contributed by atoms with Crippen molar-refractivity contribution in [2.75, 3.05) is 13.7 Å². The van der Waals surface area contributed by atoms with Crippen LogP contribution >= 0.6 is 15.9 Å². The standard InChI is InChI=1S/C24H23BrFN5O3/c1-14-9-17(16(3)31(14)19-7-5-18(26)6-8-19)11-28-30-22(32)13-34-24-20(10-27)21(12-33-4)23(25)15(2)29-24/h5-9,11H,12-13H2,1-4H3,(H,30,32). The number of ether oxygens (including phenoxy) is 2. The highest BCUT2D eigenvalue weighted by molar-refractivity contribution is 9.10. The first-order chi connectivity index (χ1) is 16.3. The highest BCUT2D eigenvalue weighted by atomic mass is 79.9. The van der Waals surface area contributed by atoms with Crippen LogP contribution in [-0.2, 0) is 16.1 Å². The van der Waals surface area contributed by atoms with Crippen LogP contribution in [0.4, 0.5) is 4.39 Å². The monoisotopic (exact) mass is 527 g/mol. The normalized spacial score (nSPS) is 11.0. The lowest BCUT2D eigenvalue weighted by atomic mass is 10.1. The molecule has 0 atom stereocenters. The lowest BCUT2D eigenvalue weighted by Gasteiger charge is -2.13. The molecule has 0 aliphatic carbocycles. The van der Waals surface area contributed by atoms with Gasteiger partial charge in [-0.1, -0.05) is 0 Å². The van der Waals surface area contributed by atoms with Gasteiger partial charge >= 0.3 is 0 Å². The van der Waals surface area contributed by atoms with E-state index in [4.69, 9.17) is 9.47 Å². The van der Waals surface area contributed by atoms with Gasteiger partial charge in [0.2, 0.25) is 5.88 Å². The van der Waals surface area contributed by atoms with Crippen LogP contribution in [0.2, 0.25) is 0 Å². The second-order valence-corrected chi connectivity index (χ2v) is 8.23. The molecule has 0 spiro atoms. The number of aryl methyl sites for hydroxylation is 2. The highest BCUT2D eigenvalue weighted by Crippen LogP contribution is 2.30. The molecular formula is C24H23BrFN5O3. The largest absolute Gasteiger partial charge is 0.467 e. The van der Waals surface area contributed by atoms with Gasteiger partial charge in [-0.3, -0.25) is 4.79 Å². The van der Waals surface area contributed by atoms with Crippen LogP contribution in [0.1, 0.15) is 33.8 Å². The number of aromatic nitrogens is 2. The van der Waals surface area contributed by atoms with Gasteiger partial charge in [-0.25, -0.2) is 14.8 Å². The summed E-state index contributed by atoms with van der Waals surface area (Å²) in [5.74, 6) is -0.761. The van der Waals surface area contributed by atoms with Crippen molar-refractivity contribution < 1.29 is 18.7 Å². The third-order valence-electron chi connectivity index (χ3n) is 5.06. The summed E-state index contributed by atoms with van der Waals surface area (Å²) in [6, 6.07) is 10.2. The number of nitrogens with zero attached hydrogens (tertiary/aromatic N) is 4. The lowest BCUT2D eigenvalue weighted by Crippen LogP contribution is -2.25. The maximum absolute atomic E-state index is 13.2. The summed E-state index contributed by atoms with van der Waals surface area (Å²) in [6.07, 6.45) is 1.53. The van der Waals surface area contributed by atoms with Crippen molar-refractivity contribution in [2.45, 2.75) is 27.4 Å². The summed E-state index contributed by atoms with van der Waals surface area (Å²) in [4.78, 5) is 16.5. The Hall–Kier alpha value is -3.55. The fourth-order valence-corrected chi connectivity index (χ4v) is 3.86. The summed E-state index contributed by atoms with van der Waals surface area (Å²) in [5, 5.41) is 13.5. The van der Waals surface area contributed by atoms with E-state index >= 15 is 0 Å². The molecule has 2 heterocycles. The molecule has 0 fully saturated rings. The zero-order valence-corrected chi connectivity index (χ0v) is 20.7. The smallest absolute Gasteiger partial charge is 0.278 e. The molecule has 34 heavy (non-hydrogen) atoms. The van der Waals surface area contributed by atoms with Crippen molar-refractivity contribution in [2.24, 2.45) is 5.10 Å². The number of benzene rings is 1. The molecule has 1 N–H and O–H groups in total. The van der Waals surface area contributed by atoms with Crippen molar-refractivity contribution in [1.29, 1.82) is 5.26 Å². The Balaban J connectivity index is 1.68. The van der Waals surface area contributed by atoms with Crippen molar-refractivity contribution in [3.8, 4) is 17.6 Å². The number of carbonyl (C=O) groups is 1. The lowest BCUT2D eigenvalue weighted by molar-refractivity contribution is -0.123. The van der Waals surface area contributed by atoms with Gasteiger partial charge in [-0.05, 0) is 67.0 Å². The predicted molar refractivity (Wildman–Crippen MR) is 129 cm³/mol. The molecule has 8 nitrogen and oxygen atoms in total. The third kappa shape index (κ3) is 5.50. The number of pyridine rings is 1. The van der Waals surface area contributed by atoms with Crippen LogP contribution in [0.15, 0.2) is 39.9 Å². The number of hydrogen-bond donors (Lipinski definition) is 1. The number of nitrogens with one attached hydrogen (secondary N) is 1. The van der Waals surface area contributed by atoms with E-state index in [1.807, 2.05) is 24.5 Å². The number of halogens is 2. The molecule has 0 saturated carbocycles. The Bertz CT molecular complexity index is 1280. The molecule has 2 aromatic heterocycles. The third-order valence-corrected chi connectivity index (χ3v) is 6.11. The van der Waals surface area contributed by atoms with E-state index in [2.05, 4.69) is 37.5 Å². The van der Waals surface area contributed by atoms with Crippen molar-refractivity contribution >= 4 is 28.1 Å². The van der Waals surface area contributed by atoms with Crippen LogP contribution in [0.5, 0.6) is 5.88 Å².